The number of ether oxygens (including phenoxy) is 1. The van der Waals surface area contributed by atoms with Gasteiger partial charge in [0.15, 0.2) is 0 Å². The summed E-state index contributed by atoms with van der Waals surface area (Å²) in [6, 6.07) is 6.03. The average molecular weight is 408 g/mol. The molecule has 22 heavy (non-hydrogen) atoms. The molecule has 0 bridgehead atoms. The second-order valence-corrected chi connectivity index (χ2v) is 6.40. The van der Waals surface area contributed by atoms with Gasteiger partial charge in [-0.25, -0.2) is 4.68 Å². The summed E-state index contributed by atoms with van der Waals surface area (Å²) in [5.74, 6) is 1.89. The van der Waals surface area contributed by atoms with Gasteiger partial charge in [-0.1, -0.05) is 27.7 Å². The van der Waals surface area contributed by atoms with Gasteiger partial charge in [0.1, 0.15) is 5.75 Å². The molecule has 2 rings (SSSR count). The third-order valence-corrected chi connectivity index (χ3v) is 4.46. The molecule has 1 heterocycles. The third-order valence-electron chi connectivity index (χ3n) is 2.87. The number of hydrogen-bond donors (Lipinski definition) is 1. The Morgan fingerprint density at radius 3 is 2.91 bits per heavy atom. The van der Waals surface area contributed by atoms with Crippen molar-refractivity contribution in [2.45, 2.75) is 18.1 Å². The van der Waals surface area contributed by atoms with Gasteiger partial charge in [0, 0.05) is 29.4 Å². The number of rotatable bonds is 8. The maximum absolute atomic E-state index is 5.35. The van der Waals surface area contributed by atoms with E-state index in [0.29, 0.717) is 0 Å². The molecular formula is C13H18BrClN5OS-. The van der Waals surface area contributed by atoms with Crippen molar-refractivity contribution < 1.29 is 17.1 Å². The van der Waals surface area contributed by atoms with Gasteiger partial charge < -0.3 is 22.5 Å². The van der Waals surface area contributed by atoms with Gasteiger partial charge in [0.25, 0.3) is 0 Å². The summed E-state index contributed by atoms with van der Waals surface area (Å²) in [6.07, 6.45) is 1.05. The van der Waals surface area contributed by atoms with Crippen LogP contribution in [-0.2, 0) is 13.6 Å². The molecule has 0 fully saturated rings. The highest BCUT2D eigenvalue weighted by atomic mass is 79.9. The number of halogens is 2. The van der Waals surface area contributed by atoms with Crippen molar-refractivity contribution in [3.63, 3.8) is 0 Å². The fourth-order valence-electron chi connectivity index (χ4n) is 1.81. The van der Waals surface area contributed by atoms with Crippen molar-refractivity contribution in [2.75, 3.05) is 19.4 Å². The molecule has 0 saturated heterocycles. The maximum atomic E-state index is 5.35. The fraction of sp³-hybridized carbons (Fsp3) is 0.462. The summed E-state index contributed by atoms with van der Waals surface area (Å²) in [5, 5.41) is 15.6. The molecule has 0 saturated carbocycles. The Morgan fingerprint density at radius 2 is 2.23 bits per heavy atom. The van der Waals surface area contributed by atoms with E-state index in [9.17, 15) is 0 Å². The van der Waals surface area contributed by atoms with Crippen LogP contribution in [-0.4, -0.2) is 39.6 Å². The Kier molecular flexibility index (Phi) is 8.77. The summed E-state index contributed by atoms with van der Waals surface area (Å²) < 4.78 is 8.10. The topological polar surface area (TPSA) is 64.9 Å². The van der Waals surface area contributed by atoms with Gasteiger partial charge in [-0.2, -0.15) is 0 Å². The Bertz CT molecular complexity index is 583. The lowest BCUT2D eigenvalue weighted by Crippen LogP contribution is -3.00. The molecular weight excluding hydrogens is 390 g/mol. The minimum absolute atomic E-state index is 0. The van der Waals surface area contributed by atoms with Crippen LogP contribution in [0.1, 0.15) is 12.0 Å². The van der Waals surface area contributed by atoms with E-state index in [0.717, 1.165) is 46.2 Å². The molecule has 6 nitrogen and oxygen atoms in total. The van der Waals surface area contributed by atoms with Crippen LogP contribution in [0.15, 0.2) is 27.8 Å². The molecule has 0 amide bonds. The quantitative estimate of drug-likeness (QED) is 0.459. The smallest absolute Gasteiger partial charge is 0.209 e. The van der Waals surface area contributed by atoms with Gasteiger partial charge in [0.2, 0.25) is 5.16 Å². The minimum Gasteiger partial charge on any atom is -1.00 e. The predicted octanol–water partition coefficient (Wildman–Crippen LogP) is -0.743. The summed E-state index contributed by atoms with van der Waals surface area (Å²) >= 11 is 5.15. The van der Waals surface area contributed by atoms with E-state index in [2.05, 4.69) is 42.8 Å². The van der Waals surface area contributed by atoms with Crippen LogP contribution in [0.4, 0.5) is 0 Å². The molecule has 122 valence electrons. The molecule has 0 aliphatic rings. The van der Waals surface area contributed by atoms with Crippen molar-refractivity contribution in [3.8, 4) is 5.75 Å². The molecule has 9 heteroatoms. The SMILES string of the molecule is COc1ccc(Br)cc1CNCCCSc1nnnn1C.[Cl-]. The molecule has 0 unspecified atom stereocenters. The number of methoxy groups -OCH3 is 1. The molecule has 1 aromatic heterocycles. The van der Waals surface area contributed by atoms with E-state index < -0.39 is 0 Å². The number of aryl methyl sites for hydroxylation is 1. The number of aromatic nitrogens is 4. The molecule has 0 aliphatic heterocycles. The Hall–Kier alpha value is -0.830. The maximum Gasteiger partial charge on any atom is 0.209 e. The van der Waals surface area contributed by atoms with E-state index in [-0.39, 0.29) is 12.4 Å². The first kappa shape index (κ1) is 19.2. The number of thioether (sulfide) groups is 1. The van der Waals surface area contributed by atoms with Crippen LogP contribution >= 0.6 is 27.7 Å². The predicted molar refractivity (Wildman–Crippen MR) is 86.5 cm³/mol. The standard InChI is InChI=1S/C13H18BrN5OS.ClH/c1-19-13(16-17-18-19)21-7-3-6-15-9-10-8-11(14)4-5-12(10)20-2;/h4-5,8,15H,3,6-7,9H2,1-2H3;1H/p-1. The van der Waals surface area contributed by atoms with Gasteiger partial charge >= 0.3 is 0 Å². The number of benzene rings is 1. The Labute approximate surface area is 148 Å². The molecule has 0 radical (unpaired) electrons. The molecule has 1 aromatic carbocycles. The van der Waals surface area contributed by atoms with E-state index in [1.165, 1.54) is 0 Å². The zero-order valence-electron chi connectivity index (χ0n) is 12.4. The van der Waals surface area contributed by atoms with Gasteiger partial charge in [-0.3, -0.25) is 0 Å². The Balaban J connectivity index is 0.00000242. The fourth-order valence-corrected chi connectivity index (χ4v) is 3.01. The lowest BCUT2D eigenvalue weighted by molar-refractivity contribution is -0.00000472. The van der Waals surface area contributed by atoms with E-state index in [1.807, 2.05) is 19.2 Å². The van der Waals surface area contributed by atoms with Gasteiger partial charge in [-0.15, -0.1) is 5.10 Å². The first-order chi connectivity index (χ1) is 10.2. The van der Waals surface area contributed by atoms with Crippen LogP contribution < -0.4 is 22.5 Å². The summed E-state index contributed by atoms with van der Waals surface area (Å²) in [7, 11) is 3.54. The third kappa shape index (κ3) is 5.75. The van der Waals surface area contributed by atoms with Gasteiger partial charge in [-0.05, 0) is 41.6 Å². The van der Waals surface area contributed by atoms with E-state index in [1.54, 1.807) is 23.6 Å². The number of nitrogens with one attached hydrogen (secondary N) is 1. The summed E-state index contributed by atoms with van der Waals surface area (Å²) in [5.41, 5.74) is 1.15. The van der Waals surface area contributed by atoms with Crippen molar-refractivity contribution in [1.82, 2.24) is 25.5 Å². The van der Waals surface area contributed by atoms with Crippen molar-refractivity contribution in [3.05, 3.63) is 28.2 Å². The first-order valence-electron chi connectivity index (χ1n) is 6.59. The molecule has 1 N–H and O–H groups in total. The lowest BCUT2D eigenvalue weighted by Gasteiger charge is -2.10. The highest BCUT2D eigenvalue weighted by Gasteiger charge is 2.04. The normalized spacial score (nSPS) is 10.3. The largest absolute Gasteiger partial charge is 1.00 e. The molecule has 0 aliphatic carbocycles. The number of tetrazole rings is 1. The molecule has 2 aromatic rings. The molecule has 0 spiro atoms. The van der Waals surface area contributed by atoms with E-state index in [4.69, 9.17) is 4.74 Å². The zero-order chi connectivity index (χ0) is 15.1. The van der Waals surface area contributed by atoms with Crippen molar-refractivity contribution >= 4 is 27.7 Å². The van der Waals surface area contributed by atoms with Crippen LogP contribution in [0.3, 0.4) is 0 Å². The Morgan fingerprint density at radius 1 is 1.41 bits per heavy atom. The zero-order valence-corrected chi connectivity index (χ0v) is 15.6. The first-order valence-corrected chi connectivity index (χ1v) is 8.37. The van der Waals surface area contributed by atoms with Crippen molar-refractivity contribution in [1.29, 1.82) is 0 Å². The highest BCUT2D eigenvalue weighted by molar-refractivity contribution is 9.10. The van der Waals surface area contributed by atoms with Gasteiger partial charge in [0.05, 0.1) is 7.11 Å². The second kappa shape index (κ2) is 10.0. The monoisotopic (exact) mass is 406 g/mol. The van der Waals surface area contributed by atoms with Crippen LogP contribution in [0.2, 0.25) is 0 Å². The lowest BCUT2D eigenvalue weighted by atomic mass is 10.2. The second-order valence-electron chi connectivity index (χ2n) is 4.42. The van der Waals surface area contributed by atoms with Crippen LogP contribution in [0.25, 0.3) is 0 Å². The van der Waals surface area contributed by atoms with Crippen molar-refractivity contribution in [2.24, 2.45) is 7.05 Å². The average Bonchev–Trinajstić information content (AvgIpc) is 2.88. The van der Waals surface area contributed by atoms with Crippen LogP contribution in [0, 0.1) is 0 Å². The summed E-state index contributed by atoms with van der Waals surface area (Å²) in [4.78, 5) is 0. The summed E-state index contributed by atoms with van der Waals surface area (Å²) in [6.45, 7) is 1.73. The van der Waals surface area contributed by atoms with E-state index >= 15 is 0 Å². The minimum atomic E-state index is 0. The highest BCUT2D eigenvalue weighted by Crippen LogP contribution is 2.22. The van der Waals surface area contributed by atoms with Crippen LogP contribution in [0.5, 0.6) is 5.75 Å². The number of nitrogens with zero attached hydrogens (tertiary/aromatic N) is 4. The number of hydrogen-bond acceptors (Lipinski definition) is 6. The molecule has 0 atom stereocenters.